The van der Waals surface area contributed by atoms with Gasteiger partial charge in [-0.1, -0.05) is 25.1 Å². The quantitative estimate of drug-likeness (QED) is 0.789. The summed E-state index contributed by atoms with van der Waals surface area (Å²) in [5.74, 6) is -0.177. The zero-order valence-electron chi connectivity index (χ0n) is 11.0. The second-order valence-electron chi connectivity index (χ2n) is 4.43. The molecule has 0 bridgehead atoms. The van der Waals surface area contributed by atoms with Gasteiger partial charge in [-0.05, 0) is 62.5 Å². The molecule has 1 unspecified atom stereocenters. The lowest BCUT2D eigenvalue weighted by Crippen LogP contribution is -2.24. The summed E-state index contributed by atoms with van der Waals surface area (Å²) < 4.78 is 15.6. The van der Waals surface area contributed by atoms with Crippen LogP contribution in [0.5, 0.6) is 0 Å². The topological polar surface area (TPSA) is 24.9 Å². The van der Waals surface area contributed by atoms with Crippen molar-refractivity contribution in [1.29, 1.82) is 0 Å². The van der Waals surface area contributed by atoms with Crippen LogP contribution < -0.4 is 5.32 Å². The van der Waals surface area contributed by atoms with Crippen LogP contribution in [0.3, 0.4) is 0 Å². The Morgan fingerprint density at radius 1 is 1.30 bits per heavy atom. The number of hydrogen-bond donors (Lipinski definition) is 1. The molecule has 0 radical (unpaired) electrons. The number of halogens is 3. The van der Waals surface area contributed by atoms with Crippen LogP contribution in [0.4, 0.5) is 4.39 Å². The molecule has 1 aromatic carbocycles. The highest BCUT2D eigenvalue weighted by Gasteiger charge is 2.17. The Kier molecular flexibility index (Phi) is 5.69. The number of hydrogen-bond acceptors (Lipinski definition) is 2. The first-order valence-electron chi connectivity index (χ1n) is 6.39. The molecular weight excluding hydrogens is 387 g/mol. The van der Waals surface area contributed by atoms with Gasteiger partial charge in [0.2, 0.25) is 0 Å². The van der Waals surface area contributed by atoms with Crippen molar-refractivity contribution in [2.45, 2.75) is 19.4 Å². The lowest BCUT2D eigenvalue weighted by molar-refractivity contribution is 0.516. The van der Waals surface area contributed by atoms with Crippen molar-refractivity contribution < 1.29 is 4.39 Å². The molecule has 106 valence electrons. The Balaban J connectivity index is 2.29. The maximum Gasteiger partial charge on any atom is 0.126 e. The fourth-order valence-electron chi connectivity index (χ4n) is 2.08. The molecule has 1 heterocycles. The molecule has 0 saturated heterocycles. The van der Waals surface area contributed by atoms with Crippen molar-refractivity contribution in [2.24, 2.45) is 0 Å². The van der Waals surface area contributed by atoms with Gasteiger partial charge in [-0.2, -0.15) is 0 Å². The van der Waals surface area contributed by atoms with Crippen LogP contribution >= 0.6 is 31.9 Å². The zero-order valence-corrected chi connectivity index (χ0v) is 14.2. The van der Waals surface area contributed by atoms with Crippen LogP contribution in [0.2, 0.25) is 0 Å². The molecule has 0 saturated carbocycles. The first-order valence-corrected chi connectivity index (χ1v) is 7.98. The normalized spacial score (nSPS) is 12.4. The van der Waals surface area contributed by atoms with Crippen LogP contribution in [0, 0.1) is 5.82 Å². The van der Waals surface area contributed by atoms with E-state index < -0.39 is 0 Å². The number of likely N-dealkylation sites (N-methyl/N-ethyl adjacent to an activating group) is 1. The highest BCUT2D eigenvalue weighted by Crippen LogP contribution is 2.27. The molecule has 1 aromatic heterocycles. The van der Waals surface area contributed by atoms with Crippen LogP contribution in [0.1, 0.15) is 24.2 Å². The second-order valence-corrected chi connectivity index (χ2v) is 6.20. The maximum absolute atomic E-state index is 13.8. The van der Waals surface area contributed by atoms with Gasteiger partial charge in [-0.15, -0.1) is 0 Å². The fourth-order valence-corrected chi connectivity index (χ4v) is 3.34. The molecule has 5 heteroatoms. The Morgan fingerprint density at radius 3 is 2.70 bits per heavy atom. The Hall–Kier alpha value is -0.780. The van der Waals surface area contributed by atoms with Crippen LogP contribution in [0.15, 0.2) is 45.5 Å². The molecule has 0 aliphatic heterocycles. The smallest absolute Gasteiger partial charge is 0.126 e. The SMILES string of the molecule is CCNC(Cc1ccccc1F)c1ncc(Br)cc1Br. The first-order chi connectivity index (χ1) is 9.61. The monoisotopic (exact) mass is 400 g/mol. The summed E-state index contributed by atoms with van der Waals surface area (Å²) in [7, 11) is 0. The third-order valence-corrected chi connectivity index (χ3v) is 4.07. The van der Waals surface area contributed by atoms with Crippen LogP contribution in [0.25, 0.3) is 0 Å². The van der Waals surface area contributed by atoms with Gasteiger partial charge >= 0.3 is 0 Å². The van der Waals surface area contributed by atoms with E-state index >= 15 is 0 Å². The van der Waals surface area contributed by atoms with E-state index in [0.717, 1.165) is 21.2 Å². The summed E-state index contributed by atoms with van der Waals surface area (Å²) in [5.41, 5.74) is 1.58. The lowest BCUT2D eigenvalue weighted by atomic mass is 10.0. The molecular formula is C15H15Br2FN2. The second kappa shape index (κ2) is 7.29. The highest BCUT2D eigenvalue weighted by molar-refractivity contribution is 9.11. The summed E-state index contributed by atoms with van der Waals surface area (Å²) in [6, 6.07) is 8.78. The average molecular weight is 402 g/mol. The van der Waals surface area contributed by atoms with Gasteiger partial charge in [-0.3, -0.25) is 4.98 Å². The van der Waals surface area contributed by atoms with E-state index in [1.165, 1.54) is 6.07 Å². The summed E-state index contributed by atoms with van der Waals surface area (Å²) in [6.45, 7) is 2.82. The van der Waals surface area contributed by atoms with Crippen molar-refractivity contribution >= 4 is 31.9 Å². The molecule has 2 nitrogen and oxygen atoms in total. The molecule has 2 rings (SSSR count). The number of pyridine rings is 1. The maximum atomic E-state index is 13.8. The van der Waals surface area contributed by atoms with E-state index in [0.29, 0.717) is 12.0 Å². The van der Waals surface area contributed by atoms with E-state index in [1.54, 1.807) is 12.3 Å². The van der Waals surface area contributed by atoms with Gasteiger partial charge in [0, 0.05) is 15.1 Å². The van der Waals surface area contributed by atoms with E-state index in [1.807, 2.05) is 25.1 Å². The van der Waals surface area contributed by atoms with E-state index in [-0.39, 0.29) is 11.9 Å². The van der Waals surface area contributed by atoms with Gasteiger partial charge in [0.15, 0.2) is 0 Å². The largest absolute Gasteiger partial charge is 0.309 e. The zero-order chi connectivity index (χ0) is 14.5. The Morgan fingerprint density at radius 2 is 2.05 bits per heavy atom. The average Bonchev–Trinajstić information content (AvgIpc) is 2.41. The Bertz CT molecular complexity index is 590. The summed E-state index contributed by atoms with van der Waals surface area (Å²) in [4.78, 5) is 4.44. The minimum atomic E-state index is -0.177. The number of nitrogens with zero attached hydrogens (tertiary/aromatic N) is 1. The third-order valence-electron chi connectivity index (χ3n) is 3.00. The van der Waals surface area contributed by atoms with E-state index in [9.17, 15) is 4.39 Å². The predicted molar refractivity (Wildman–Crippen MR) is 86.2 cm³/mol. The minimum Gasteiger partial charge on any atom is -0.309 e. The molecule has 0 spiro atoms. The summed E-state index contributed by atoms with van der Waals surface area (Å²) in [6.07, 6.45) is 2.32. The molecule has 0 fully saturated rings. The molecule has 1 atom stereocenters. The standard InChI is InChI=1S/C15H15Br2FN2/c1-2-19-14(7-10-5-3-4-6-13(10)18)15-12(17)8-11(16)9-20-15/h3-6,8-9,14,19H,2,7H2,1H3. The molecule has 1 N–H and O–H groups in total. The van der Waals surface area contributed by atoms with E-state index in [2.05, 4.69) is 42.2 Å². The third kappa shape index (κ3) is 3.87. The molecule has 0 aliphatic rings. The van der Waals surface area contributed by atoms with E-state index in [4.69, 9.17) is 0 Å². The van der Waals surface area contributed by atoms with Crippen molar-refractivity contribution in [3.05, 3.63) is 62.5 Å². The number of nitrogens with one attached hydrogen (secondary N) is 1. The van der Waals surface area contributed by atoms with Gasteiger partial charge in [0.1, 0.15) is 5.82 Å². The summed E-state index contributed by atoms with van der Waals surface area (Å²) in [5, 5.41) is 3.36. The highest BCUT2D eigenvalue weighted by atomic mass is 79.9. The van der Waals surface area contributed by atoms with Crippen molar-refractivity contribution in [2.75, 3.05) is 6.54 Å². The molecule has 20 heavy (non-hydrogen) atoms. The lowest BCUT2D eigenvalue weighted by Gasteiger charge is -2.19. The van der Waals surface area contributed by atoms with Crippen LogP contribution in [-0.4, -0.2) is 11.5 Å². The molecule has 0 amide bonds. The minimum absolute atomic E-state index is 0.0284. The van der Waals surface area contributed by atoms with Gasteiger partial charge in [-0.25, -0.2) is 4.39 Å². The molecule has 0 aliphatic carbocycles. The Labute approximate surface area is 135 Å². The van der Waals surface area contributed by atoms with Crippen molar-refractivity contribution in [1.82, 2.24) is 10.3 Å². The fraction of sp³-hybridized carbons (Fsp3) is 0.267. The first kappa shape index (κ1) is 15.6. The van der Waals surface area contributed by atoms with Crippen molar-refractivity contribution in [3.8, 4) is 0 Å². The van der Waals surface area contributed by atoms with Crippen molar-refractivity contribution in [3.63, 3.8) is 0 Å². The summed E-state index contributed by atoms with van der Waals surface area (Å²) >= 11 is 6.91. The van der Waals surface area contributed by atoms with Gasteiger partial charge in [0.05, 0.1) is 11.7 Å². The van der Waals surface area contributed by atoms with Gasteiger partial charge in [0.25, 0.3) is 0 Å². The number of aromatic nitrogens is 1. The number of benzene rings is 1. The van der Waals surface area contributed by atoms with Crippen LogP contribution in [-0.2, 0) is 6.42 Å². The van der Waals surface area contributed by atoms with Gasteiger partial charge < -0.3 is 5.32 Å². The predicted octanol–water partition coefficient (Wildman–Crippen LogP) is 4.64. The molecule has 2 aromatic rings. The number of rotatable bonds is 5.